The summed E-state index contributed by atoms with van der Waals surface area (Å²) >= 11 is 0. The first-order valence-electron chi connectivity index (χ1n) is 6.39. The van der Waals surface area contributed by atoms with Gasteiger partial charge in [-0.15, -0.1) is 0 Å². The standard InChI is InChI=1S/C16H19NO/c1-13(18)7-8-15-10-16(12-17-11-15)9-14-5-3-2-4-6-14/h2-6,10-13,18H,7-9H2,1H3. The molecule has 0 fully saturated rings. The Labute approximate surface area is 108 Å². The van der Waals surface area contributed by atoms with Gasteiger partial charge in [-0.05, 0) is 42.9 Å². The van der Waals surface area contributed by atoms with Crippen molar-refractivity contribution in [2.24, 2.45) is 0 Å². The minimum atomic E-state index is -0.247. The number of hydrogen-bond donors (Lipinski definition) is 1. The number of benzene rings is 1. The van der Waals surface area contributed by atoms with Gasteiger partial charge in [0.2, 0.25) is 0 Å². The fourth-order valence-corrected chi connectivity index (χ4v) is 1.98. The van der Waals surface area contributed by atoms with Gasteiger partial charge in [0, 0.05) is 12.4 Å². The van der Waals surface area contributed by atoms with Crippen molar-refractivity contribution in [1.82, 2.24) is 4.98 Å². The molecular weight excluding hydrogens is 222 g/mol. The third-order valence-corrected chi connectivity index (χ3v) is 2.95. The first-order valence-corrected chi connectivity index (χ1v) is 6.39. The van der Waals surface area contributed by atoms with Crippen LogP contribution in [0.15, 0.2) is 48.8 Å². The monoisotopic (exact) mass is 241 g/mol. The molecule has 0 aliphatic carbocycles. The van der Waals surface area contributed by atoms with E-state index in [1.54, 1.807) is 0 Å². The molecule has 0 saturated heterocycles. The van der Waals surface area contributed by atoms with Gasteiger partial charge in [0.25, 0.3) is 0 Å². The number of rotatable bonds is 5. The summed E-state index contributed by atoms with van der Waals surface area (Å²) in [4.78, 5) is 4.28. The number of aliphatic hydroxyl groups is 1. The molecule has 0 aliphatic heterocycles. The van der Waals surface area contributed by atoms with Crippen LogP contribution >= 0.6 is 0 Å². The van der Waals surface area contributed by atoms with Gasteiger partial charge in [-0.3, -0.25) is 4.98 Å². The smallest absolute Gasteiger partial charge is 0.0515 e. The van der Waals surface area contributed by atoms with Crippen molar-refractivity contribution in [2.75, 3.05) is 0 Å². The van der Waals surface area contributed by atoms with Gasteiger partial charge in [-0.1, -0.05) is 36.4 Å². The highest BCUT2D eigenvalue weighted by Gasteiger charge is 2.01. The second kappa shape index (κ2) is 6.31. The summed E-state index contributed by atoms with van der Waals surface area (Å²) < 4.78 is 0. The molecule has 2 heteroatoms. The van der Waals surface area contributed by atoms with E-state index in [2.05, 4.69) is 35.3 Å². The number of hydrogen-bond acceptors (Lipinski definition) is 2. The maximum atomic E-state index is 9.30. The SMILES string of the molecule is CC(O)CCc1cncc(Cc2ccccc2)c1. The van der Waals surface area contributed by atoms with E-state index >= 15 is 0 Å². The van der Waals surface area contributed by atoms with Gasteiger partial charge in [0.15, 0.2) is 0 Å². The van der Waals surface area contributed by atoms with Crippen LogP contribution in [0.5, 0.6) is 0 Å². The molecule has 0 aliphatic rings. The molecule has 1 N–H and O–H groups in total. The van der Waals surface area contributed by atoms with E-state index in [1.807, 2.05) is 25.4 Å². The molecule has 0 amide bonds. The van der Waals surface area contributed by atoms with Crippen molar-refractivity contribution in [3.63, 3.8) is 0 Å². The van der Waals surface area contributed by atoms with Crippen LogP contribution in [0.1, 0.15) is 30.0 Å². The van der Waals surface area contributed by atoms with Crippen LogP contribution in [0, 0.1) is 0 Å². The van der Waals surface area contributed by atoms with Crippen LogP contribution in [0.2, 0.25) is 0 Å². The molecule has 0 radical (unpaired) electrons. The third kappa shape index (κ3) is 3.97. The van der Waals surface area contributed by atoms with Crippen molar-refractivity contribution in [2.45, 2.75) is 32.3 Å². The summed E-state index contributed by atoms with van der Waals surface area (Å²) in [5.41, 5.74) is 3.72. The van der Waals surface area contributed by atoms with E-state index in [4.69, 9.17) is 0 Å². The number of pyridine rings is 1. The third-order valence-electron chi connectivity index (χ3n) is 2.95. The highest BCUT2D eigenvalue weighted by atomic mass is 16.3. The number of aliphatic hydroxyl groups excluding tert-OH is 1. The molecule has 1 heterocycles. The molecule has 1 aromatic heterocycles. The van der Waals surface area contributed by atoms with Crippen molar-refractivity contribution in [1.29, 1.82) is 0 Å². The predicted octanol–water partition coefficient (Wildman–Crippen LogP) is 2.99. The number of nitrogens with zero attached hydrogens (tertiary/aromatic N) is 1. The Morgan fingerprint density at radius 2 is 1.78 bits per heavy atom. The molecule has 1 atom stereocenters. The zero-order chi connectivity index (χ0) is 12.8. The van der Waals surface area contributed by atoms with E-state index in [9.17, 15) is 5.11 Å². The van der Waals surface area contributed by atoms with Crippen LogP contribution in [0.25, 0.3) is 0 Å². The number of aromatic nitrogens is 1. The van der Waals surface area contributed by atoms with Gasteiger partial charge < -0.3 is 5.11 Å². The quantitative estimate of drug-likeness (QED) is 0.873. The Bertz CT molecular complexity index is 479. The Morgan fingerprint density at radius 1 is 1.06 bits per heavy atom. The van der Waals surface area contributed by atoms with Crippen molar-refractivity contribution in [3.8, 4) is 0 Å². The zero-order valence-electron chi connectivity index (χ0n) is 10.7. The van der Waals surface area contributed by atoms with Crippen LogP contribution in [0.4, 0.5) is 0 Å². The number of aryl methyl sites for hydroxylation is 1. The van der Waals surface area contributed by atoms with Gasteiger partial charge in [-0.25, -0.2) is 0 Å². The topological polar surface area (TPSA) is 33.1 Å². The zero-order valence-corrected chi connectivity index (χ0v) is 10.7. The summed E-state index contributed by atoms with van der Waals surface area (Å²) in [5, 5.41) is 9.30. The fraction of sp³-hybridized carbons (Fsp3) is 0.312. The average Bonchev–Trinajstić information content (AvgIpc) is 2.38. The van der Waals surface area contributed by atoms with Gasteiger partial charge >= 0.3 is 0 Å². The lowest BCUT2D eigenvalue weighted by atomic mass is 10.0. The summed E-state index contributed by atoms with van der Waals surface area (Å²) in [6, 6.07) is 12.6. The van der Waals surface area contributed by atoms with Crippen molar-refractivity contribution in [3.05, 3.63) is 65.5 Å². The molecule has 2 nitrogen and oxygen atoms in total. The van der Waals surface area contributed by atoms with Gasteiger partial charge in [0.1, 0.15) is 0 Å². The Hall–Kier alpha value is -1.67. The first kappa shape index (κ1) is 12.8. The predicted molar refractivity (Wildman–Crippen MR) is 73.5 cm³/mol. The molecule has 1 aromatic carbocycles. The molecule has 18 heavy (non-hydrogen) atoms. The second-order valence-electron chi connectivity index (χ2n) is 4.75. The van der Waals surface area contributed by atoms with Crippen LogP contribution in [-0.4, -0.2) is 16.2 Å². The van der Waals surface area contributed by atoms with E-state index < -0.39 is 0 Å². The summed E-state index contributed by atoms with van der Waals surface area (Å²) in [6.45, 7) is 1.82. The minimum absolute atomic E-state index is 0.247. The Kier molecular flexibility index (Phi) is 4.48. The van der Waals surface area contributed by atoms with Crippen molar-refractivity contribution >= 4 is 0 Å². The molecule has 2 aromatic rings. The lowest BCUT2D eigenvalue weighted by molar-refractivity contribution is 0.185. The van der Waals surface area contributed by atoms with Gasteiger partial charge in [-0.2, -0.15) is 0 Å². The lowest BCUT2D eigenvalue weighted by Gasteiger charge is -2.06. The largest absolute Gasteiger partial charge is 0.393 e. The lowest BCUT2D eigenvalue weighted by Crippen LogP contribution is -2.02. The van der Waals surface area contributed by atoms with Crippen LogP contribution in [0.3, 0.4) is 0 Å². The second-order valence-corrected chi connectivity index (χ2v) is 4.75. The Balaban J connectivity index is 2.03. The van der Waals surface area contributed by atoms with Crippen LogP contribution < -0.4 is 0 Å². The van der Waals surface area contributed by atoms with Crippen molar-refractivity contribution < 1.29 is 5.11 Å². The highest BCUT2D eigenvalue weighted by Crippen LogP contribution is 2.11. The molecular formula is C16H19NO. The minimum Gasteiger partial charge on any atom is -0.393 e. The molecule has 1 unspecified atom stereocenters. The maximum absolute atomic E-state index is 9.30. The van der Waals surface area contributed by atoms with Gasteiger partial charge in [0.05, 0.1) is 6.10 Å². The summed E-state index contributed by atoms with van der Waals surface area (Å²) in [7, 11) is 0. The van der Waals surface area contributed by atoms with E-state index in [-0.39, 0.29) is 6.10 Å². The first-order chi connectivity index (χ1) is 8.74. The van der Waals surface area contributed by atoms with Crippen LogP contribution in [-0.2, 0) is 12.8 Å². The maximum Gasteiger partial charge on any atom is 0.0515 e. The van der Waals surface area contributed by atoms with E-state index in [0.717, 1.165) is 19.3 Å². The van der Waals surface area contributed by atoms with E-state index in [0.29, 0.717) is 0 Å². The molecule has 0 spiro atoms. The summed E-state index contributed by atoms with van der Waals surface area (Å²) in [6.07, 6.45) is 6.14. The molecule has 0 bridgehead atoms. The molecule has 2 rings (SSSR count). The Morgan fingerprint density at radius 3 is 2.50 bits per heavy atom. The molecule has 0 saturated carbocycles. The summed E-state index contributed by atoms with van der Waals surface area (Å²) in [5.74, 6) is 0. The van der Waals surface area contributed by atoms with E-state index in [1.165, 1.54) is 16.7 Å². The average molecular weight is 241 g/mol. The molecule has 94 valence electrons. The highest BCUT2D eigenvalue weighted by molar-refractivity contribution is 5.26. The normalized spacial score (nSPS) is 12.3. The fourth-order valence-electron chi connectivity index (χ4n) is 1.98.